The van der Waals surface area contributed by atoms with E-state index in [1.165, 1.54) is 13.3 Å². The molecule has 1 fully saturated rings. The van der Waals surface area contributed by atoms with Crippen molar-refractivity contribution in [1.82, 2.24) is 14.9 Å². The van der Waals surface area contributed by atoms with Crippen molar-refractivity contribution in [1.29, 1.82) is 0 Å². The number of hydrogen-bond acceptors (Lipinski definition) is 6. The Kier molecular flexibility index (Phi) is 4.02. The third kappa shape index (κ3) is 3.14. The van der Waals surface area contributed by atoms with E-state index in [4.69, 9.17) is 5.11 Å². The summed E-state index contributed by atoms with van der Waals surface area (Å²) in [5, 5.41) is 11.6. The first-order valence-corrected chi connectivity index (χ1v) is 6.27. The van der Waals surface area contributed by atoms with Gasteiger partial charge in [0.2, 0.25) is 5.91 Å². The Balaban J connectivity index is 2.10. The molecular weight excluding hydrogens is 262 g/mol. The Morgan fingerprint density at radius 3 is 2.85 bits per heavy atom. The second kappa shape index (κ2) is 5.72. The molecule has 2 rings (SSSR count). The summed E-state index contributed by atoms with van der Waals surface area (Å²) >= 11 is 0. The molecule has 0 aromatic carbocycles. The van der Waals surface area contributed by atoms with Gasteiger partial charge < -0.3 is 20.2 Å². The van der Waals surface area contributed by atoms with Crippen molar-refractivity contribution in [3.05, 3.63) is 12.4 Å². The molecule has 8 nitrogen and oxygen atoms in total. The molecule has 1 amide bonds. The summed E-state index contributed by atoms with van der Waals surface area (Å²) in [5.41, 5.74) is 0. The first-order chi connectivity index (χ1) is 9.47. The van der Waals surface area contributed by atoms with Gasteiger partial charge in [-0.05, 0) is 6.92 Å². The van der Waals surface area contributed by atoms with Crippen LogP contribution in [0.4, 0.5) is 11.6 Å². The molecule has 8 heteroatoms. The number of carbonyl (C=O) groups is 2. The minimum absolute atomic E-state index is 0.0308. The highest BCUT2D eigenvalue weighted by Gasteiger charge is 2.22. The molecule has 2 N–H and O–H groups in total. The highest BCUT2D eigenvalue weighted by molar-refractivity contribution is 5.82. The number of carbonyl (C=O) groups excluding carboxylic acids is 1. The number of aromatic nitrogens is 2. The number of anilines is 2. The normalized spacial score (nSPS) is 17.0. The molecule has 0 radical (unpaired) electrons. The van der Waals surface area contributed by atoms with Gasteiger partial charge in [-0.3, -0.25) is 9.59 Å². The van der Waals surface area contributed by atoms with Crippen LogP contribution >= 0.6 is 0 Å². The fourth-order valence-corrected chi connectivity index (χ4v) is 1.84. The van der Waals surface area contributed by atoms with E-state index in [-0.39, 0.29) is 12.5 Å². The van der Waals surface area contributed by atoms with Crippen molar-refractivity contribution in [2.45, 2.75) is 13.0 Å². The monoisotopic (exact) mass is 279 g/mol. The maximum Gasteiger partial charge on any atom is 0.325 e. The number of likely N-dealkylation sites (N-methyl/N-ethyl adjacent to an activating group) is 1. The van der Waals surface area contributed by atoms with Crippen molar-refractivity contribution in [2.24, 2.45) is 0 Å². The molecule has 0 unspecified atom stereocenters. The highest BCUT2D eigenvalue weighted by Crippen LogP contribution is 2.16. The second-order valence-electron chi connectivity index (χ2n) is 4.70. The van der Waals surface area contributed by atoms with Crippen LogP contribution in [0.5, 0.6) is 0 Å². The van der Waals surface area contributed by atoms with E-state index < -0.39 is 12.0 Å². The summed E-state index contributed by atoms with van der Waals surface area (Å²) in [6.45, 7) is 3.12. The Bertz CT molecular complexity index is 522. The Labute approximate surface area is 116 Å². The van der Waals surface area contributed by atoms with Crippen LogP contribution in [0.2, 0.25) is 0 Å². The summed E-state index contributed by atoms with van der Waals surface area (Å²) in [4.78, 5) is 34.1. The number of carboxylic acid groups (broad SMARTS) is 1. The summed E-state index contributed by atoms with van der Waals surface area (Å²) in [6, 6.07) is 0.907. The molecule has 0 spiro atoms. The molecule has 1 atom stereocenters. The molecule has 2 heterocycles. The van der Waals surface area contributed by atoms with Crippen LogP contribution in [0, 0.1) is 0 Å². The van der Waals surface area contributed by atoms with Crippen LogP contribution in [-0.2, 0) is 9.59 Å². The van der Waals surface area contributed by atoms with Gasteiger partial charge in [0.05, 0.1) is 6.54 Å². The van der Waals surface area contributed by atoms with Crippen LogP contribution in [0.1, 0.15) is 6.92 Å². The number of aliphatic carboxylic acids is 1. The summed E-state index contributed by atoms with van der Waals surface area (Å²) in [6.07, 6.45) is 1.36. The molecule has 1 saturated heterocycles. The largest absolute Gasteiger partial charge is 0.480 e. The predicted molar refractivity (Wildman–Crippen MR) is 72.6 cm³/mol. The lowest BCUT2D eigenvalue weighted by molar-refractivity contribution is -0.137. The number of nitrogens with zero attached hydrogens (tertiary/aromatic N) is 4. The molecular formula is C12H17N5O3. The molecule has 1 aromatic heterocycles. The third-order valence-corrected chi connectivity index (χ3v) is 3.17. The Hall–Kier alpha value is -2.38. The molecule has 1 aromatic rings. The molecule has 20 heavy (non-hydrogen) atoms. The average molecular weight is 279 g/mol. The van der Waals surface area contributed by atoms with Gasteiger partial charge >= 0.3 is 5.97 Å². The van der Waals surface area contributed by atoms with Gasteiger partial charge in [0, 0.05) is 26.2 Å². The zero-order valence-electron chi connectivity index (χ0n) is 11.4. The fourth-order valence-electron chi connectivity index (χ4n) is 1.84. The summed E-state index contributed by atoms with van der Waals surface area (Å²) in [7, 11) is 1.77. The van der Waals surface area contributed by atoms with Crippen LogP contribution in [0.15, 0.2) is 12.4 Å². The highest BCUT2D eigenvalue weighted by atomic mass is 16.4. The molecule has 108 valence electrons. The van der Waals surface area contributed by atoms with E-state index in [9.17, 15) is 9.59 Å². The van der Waals surface area contributed by atoms with E-state index in [0.29, 0.717) is 24.7 Å². The topological polar surface area (TPSA) is 98.7 Å². The maximum atomic E-state index is 11.7. The second-order valence-corrected chi connectivity index (χ2v) is 4.70. The lowest BCUT2D eigenvalue weighted by atomic mass is 10.3. The minimum Gasteiger partial charge on any atom is -0.480 e. The number of amides is 1. The van der Waals surface area contributed by atoms with Crippen LogP contribution < -0.4 is 10.2 Å². The van der Waals surface area contributed by atoms with Crippen LogP contribution in [-0.4, -0.2) is 64.6 Å². The number of nitrogens with one attached hydrogen (secondary N) is 1. The third-order valence-electron chi connectivity index (χ3n) is 3.17. The molecule has 0 bridgehead atoms. The standard InChI is InChI=1S/C12H17N5O3/c1-8(12(19)20)15-9-5-10(14-7-13-9)17-4-3-16(2)11(18)6-17/h5,7-8H,3-4,6H2,1-2H3,(H,19,20)(H,13,14,15)/t8-/m1/s1. The van der Waals surface area contributed by atoms with E-state index in [1.54, 1.807) is 18.0 Å². The van der Waals surface area contributed by atoms with Crippen molar-refractivity contribution >= 4 is 23.5 Å². The van der Waals surface area contributed by atoms with Gasteiger partial charge in [0.1, 0.15) is 24.0 Å². The molecule has 1 aliphatic rings. The average Bonchev–Trinajstić information content (AvgIpc) is 2.42. The van der Waals surface area contributed by atoms with Gasteiger partial charge in [-0.1, -0.05) is 0 Å². The van der Waals surface area contributed by atoms with Crippen molar-refractivity contribution in [3.63, 3.8) is 0 Å². The number of piperazine rings is 1. The summed E-state index contributed by atoms with van der Waals surface area (Å²) in [5.74, 6) is 0.112. The fraction of sp³-hybridized carbons (Fsp3) is 0.500. The lowest BCUT2D eigenvalue weighted by Crippen LogP contribution is -2.48. The summed E-state index contributed by atoms with van der Waals surface area (Å²) < 4.78 is 0. The van der Waals surface area contributed by atoms with E-state index in [0.717, 1.165) is 0 Å². The first-order valence-electron chi connectivity index (χ1n) is 6.27. The first kappa shape index (κ1) is 14.0. The Morgan fingerprint density at radius 2 is 2.20 bits per heavy atom. The number of rotatable bonds is 4. The number of carboxylic acids is 1. The van der Waals surface area contributed by atoms with Crippen LogP contribution in [0.25, 0.3) is 0 Å². The van der Waals surface area contributed by atoms with E-state index >= 15 is 0 Å². The van der Waals surface area contributed by atoms with Gasteiger partial charge in [-0.15, -0.1) is 0 Å². The lowest BCUT2D eigenvalue weighted by Gasteiger charge is -2.32. The van der Waals surface area contributed by atoms with Gasteiger partial charge in [-0.2, -0.15) is 0 Å². The van der Waals surface area contributed by atoms with Gasteiger partial charge in [0.25, 0.3) is 0 Å². The zero-order chi connectivity index (χ0) is 14.7. The Morgan fingerprint density at radius 1 is 1.45 bits per heavy atom. The quantitative estimate of drug-likeness (QED) is 0.776. The minimum atomic E-state index is -0.958. The number of hydrogen-bond donors (Lipinski definition) is 2. The zero-order valence-corrected chi connectivity index (χ0v) is 11.4. The van der Waals surface area contributed by atoms with Crippen LogP contribution in [0.3, 0.4) is 0 Å². The molecule has 0 aliphatic carbocycles. The maximum absolute atomic E-state index is 11.7. The predicted octanol–water partition coefficient (Wildman–Crippen LogP) is -0.360. The van der Waals surface area contributed by atoms with Gasteiger partial charge in [-0.25, -0.2) is 9.97 Å². The van der Waals surface area contributed by atoms with Crippen molar-refractivity contribution in [2.75, 3.05) is 36.9 Å². The smallest absolute Gasteiger partial charge is 0.325 e. The van der Waals surface area contributed by atoms with E-state index in [2.05, 4.69) is 15.3 Å². The van der Waals surface area contributed by atoms with Gasteiger partial charge in [0.15, 0.2) is 0 Å². The molecule has 1 aliphatic heterocycles. The molecule has 0 saturated carbocycles. The van der Waals surface area contributed by atoms with Crippen molar-refractivity contribution in [3.8, 4) is 0 Å². The SMILES string of the molecule is C[C@@H](Nc1cc(N2CCN(C)C(=O)C2)ncn1)C(=O)O. The van der Waals surface area contributed by atoms with Crippen molar-refractivity contribution < 1.29 is 14.7 Å². The van der Waals surface area contributed by atoms with E-state index in [1.807, 2.05) is 4.90 Å².